The number of hydrogen-bond donors (Lipinski definition) is 0. The van der Waals surface area contributed by atoms with E-state index < -0.39 is 6.10 Å². The van der Waals surface area contributed by atoms with Crippen LogP contribution in [0.5, 0.6) is 0 Å². The number of ether oxygens (including phenoxy) is 3. The van der Waals surface area contributed by atoms with Crippen molar-refractivity contribution in [2.75, 3.05) is 13.2 Å². The summed E-state index contributed by atoms with van der Waals surface area (Å²) in [6, 6.07) is 0. The molecule has 0 aliphatic heterocycles. The molecule has 78 heavy (non-hydrogen) atoms. The van der Waals surface area contributed by atoms with Crippen LogP contribution in [0.1, 0.15) is 323 Å². The third-order valence-corrected chi connectivity index (χ3v) is 14.3. The number of carbonyl (C=O) groups is 3. The fourth-order valence-electron chi connectivity index (χ4n) is 9.43. The molecule has 6 nitrogen and oxygen atoms in total. The zero-order chi connectivity index (χ0) is 56.4. The second-order valence-corrected chi connectivity index (χ2v) is 22.0. The summed E-state index contributed by atoms with van der Waals surface area (Å²) in [5, 5.41) is 0. The first-order chi connectivity index (χ1) is 38.5. The molecule has 0 radical (unpaired) electrons. The highest BCUT2D eigenvalue weighted by Crippen LogP contribution is 2.17. The van der Waals surface area contributed by atoms with Gasteiger partial charge in [0.25, 0.3) is 0 Å². The van der Waals surface area contributed by atoms with E-state index in [1.165, 1.54) is 161 Å². The van der Waals surface area contributed by atoms with E-state index in [9.17, 15) is 14.4 Å². The van der Waals surface area contributed by atoms with Crippen LogP contribution in [-0.4, -0.2) is 37.2 Å². The van der Waals surface area contributed by atoms with Crippen molar-refractivity contribution in [3.8, 4) is 0 Å². The van der Waals surface area contributed by atoms with Gasteiger partial charge in [-0.3, -0.25) is 14.4 Å². The van der Waals surface area contributed by atoms with Crippen molar-refractivity contribution < 1.29 is 28.6 Å². The molecule has 0 aromatic heterocycles. The number of carbonyl (C=O) groups excluding carboxylic acids is 3. The van der Waals surface area contributed by atoms with Gasteiger partial charge < -0.3 is 14.2 Å². The van der Waals surface area contributed by atoms with E-state index in [-0.39, 0.29) is 31.1 Å². The normalized spacial score (nSPS) is 12.7. The smallest absolute Gasteiger partial charge is 0.306 e. The third kappa shape index (κ3) is 63.2. The maximum absolute atomic E-state index is 12.8. The highest BCUT2D eigenvalue weighted by Gasteiger charge is 2.19. The van der Waals surface area contributed by atoms with Crippen molar-refractivity contribution in [2.24, 2.45) is 0 Å². The lowest BCUT2D eigenvalue weighted by atomic mass is 10.0. The van der Waals surface area contributed by atoms with Crippen LogP contribution in [0.4, 0.5) is 0 Å². The Labute approximate surface area is 483 Å². The molecule has 0 aliphatic carbocycles. The summed E-state index contributed by atoms with van der Waals surface area (Å²) in [6.07, 6.45) is 89.1. The van der Waals surface area contributed by atoms with E-state index >= 15 is 0 Å². The number of unbranched alkanes of at least 4 members (excludes halogenated alkanes) is 33. The first-order valence-corrected chi connectivity index (χ1v) is 33.2. The molecule has 0 aromatic carbocycles. The molecule has 0 saturated carbocycles. The number of esters is 3. The van der Waals surface area contributed by atoms with E-state index in [1.807, 2.05) is 0 Å². The van der Waals surface area contributed by atoms with Gasteiger partial charge in [0.1, 0.15) is 13.2 Å². The van der Waals surface area contributed by atoms with Crippen molar-refractivity contribution in [3.05, 3.63) is 97.2 Å². The third-order valence-electron chi connectivity index (χ3n) is 14.3. The molecule has 0 aliphatic rings. The summed E-state index contributed by atoms with van der Waals surface area (Å²) in [4.78, 5) is 38.0. The summed E-state index contributed by atoms with van der Waals surface area (Å²) in [6.45, 7) is 6.37. The van der Waals surface area contributed by atoms with Crippen LogP contribution < -0.4 is 0 Å². The van der Waals surface area contributed by atoms with Crippen molar-refractivity contribution in [1.82, 2.24) is 0 Å². The predicted octanol–water partition coefficient (Wildman–Crippen LogP) is 22.8. The van der Waals surface area contributed by atoms with Crippen molar-refractivity contribution in [3.63, 3.8) is 0 Å². The van der Waals surface area contributed by atoms with Gasteiger partial charge in [0, 0.05) is 19.3 Å². The second-order valence-electron chi connectivity index (χ2n) is 22.0. The molecule has 0 bridgehead atoms. The highest BCUT2D eigenvalue weighted by molar-refractivity contribution is 5.71. The summed E-state index contributed by atoms with van der Waals surface area (Å²) < 4.78 is 16.8. The lowest BCUT2D eigenvalue weighted by molar-refractivity contribution is -0.167. The van der Waals surface area contributed by atoms with E-state index in [4.69, 9.17) is 14.2 Å². The highest BCUT2D eigenvalue weighted by atomic mass is 16.6. The molecule has 0 N–H and O–H groups in total. The molecule has 0 spiro atoms. The van der Waals surface area contributed by atoms with Gasteiger partial charge in [0.05, 0.1) is 0 Å². The molecular formula is C72H124O6. The van der Waals surface area contributed by atoms with Crippen molar-refractivity contribution in [2.45, 2.75) is 329 Å². The molecular weight excluding hydrogens is 961 g/mol. The quantitative estimate of drug-likeness (QED) is 0.0261. The summed E-state index contributed by atoms with van der Waals surface area (Å²) in [7, 11) is 0. The van der Waals surface area contributed by atoms with E-state index in [1.54, 1.807) is 0 Å². The second kappa shape index (κ2) is 65.8. The minimum absolute atomic E-state index is 0.0794. The molecule has 6 heteroatoms. The maximum Gasteiger partial charge on any atom is 0.306 e. The Kier molecular flexibility index (Phi) is 62.7. The molecule has 0 heterocycles. The van der Waals surface area contributed by atoms with Gasteiger partial charge in [-0.2, -0.15) is 0 Å². The monoisotopic (exact) mass is 1080 g/mol. The number of hydrogen-bond acceptors (Lipinski definition) is 6. The van der Waals surface area contributed by atoms with Gasteiger partial charge in [-0.1, -0.05) is 304 Å². The SMILES string of the molecule is CC/C=C\C/C=C\C/C=C\C/C=C\CCCCCCCCCCCCCCCCCCCCCCCCC(=O)OCC(COC(=O)CCCCCCCC)OC(=O)CCCCCCCC/C=C\C/C=C\C/C=C\C/C=C\CC. The van der Waals surface area contributed by atoms with E-state index in [0.29, 0.717) is 19.3 Å². The van der Waals surface area contributed by atoms with Gasteiger partial charge in [0.15, 0.2) is 6.10 Å². The summed E-state index contributed by atoms with van der Waals surface area (Å²) >= 11 is 0. The average Bonchev–Trinajstić information content (AvgIpc) is 3.44. The van der Waals surface area contributed by atoms with Crippen LogP contribution in [-0.2, 0) is 28.6 Å². The van der Waals surface area contributed by atoms with Crippen LogP contribution in [0.15, 0.2) is 97.2 Å². The van der Waals surface area contributed by atoms with Gasteiger partial charge >= 0.3 is 17.9 Å². The van der Waals surface area contributed by atoms with Crippen LogP contribution in [0.25, 0.3) is 0 Å². The molecule has 1 atom stereocenters. The number of allylic oxidation sites excluding steroid dienone is 16. The Morgan fingerprint density at radius 1 is 0.269 bits per heavy atom. The molecule has 0 rings (SSSR count). The first kappa shape index (κ1) is 74.3. The topological polar surface area (TPSA) is 78.9 Å². The van der Waals surface area contributed by atoms with Crippen LogP contribution in [0, 0.1) is 0 Å². The van der Waals surface area contributed by atoms with Gasteiger partial charge in [-0.25, -0.2) is 0 Å². The lowest BCUT2D eigenvalue weighted by Crippen LogP contribution is -2.30. The fourth-order valence-corrected chi connectivity index (χ4v) is 9.43. The van der Waals surface area contributed by atoms with E-state index in [2.05, 4.69) is 118 Å². The molecule has 0 saturated heterocycles. The Morgan fingerprint density at radius 2 is 0.500 bits per heavy atom. The van der Waals surface area contributed by atoms with Gasteiger partial charge in [-0.15, -0.1) is 0 Å². The minimum Gasteiger partial charge on any atom is -0.462 e. The number of rotatable bonds is 60. The first-order valence-electron chi connectivity index (χ1n) is 33.2. The zero-order valence-electron chi connectivity index (χ0n) is 51.4. The average molecular weight is 1090 g/mol. The Bertz CT molecular complexity index is 1530. The Morgan fingerprint density at radius 3 is 0.782 bits per heavy atom. The summed E-state index contributed by atoms with van der Waals surface area (Å²) in [5.41, 5.74) is 0. The molecule has 0 amide bonds. The Hall–Kier alpha value is -3.67. The Balaban J connectivity index is 3.96. The summed E-state index contributed by atoms with van der Waals surface area (Å²) in [5.74, 6) is -0.892. The standard InChI is InChI=1S/C72H124O6/c1-4-7-10-13-16-18-20-22-24-26-28-29-30-31-32-33-34-35-36-37-38-39-40-41-42-43-45-46-48-50-52-54-56-59-62-65-71(74)77-68-69(67-76-70(73)64-61-58-15-12-9-6-3)78-72(75)66-63-60-57-55-53-51-49-47-44-27-25-23-21-19-17-14-11-8-5-2/h7-8,10-11,16-19,22-25,28-29,44,47,69H,4-6,9,12-15,20-21,26-27,30-43,45-46,48-68H2,1-3H3/b10-7-,11-8-,18-16-,19-17-,24-22-,25-23-,29-28-,47-44-. The van der Waals surface area contributed by atoms with Crippen LogP contribution in [0.3, 0.4) is 0 Å². The predicted molar refractivity (Wildman–Crippen MR) is 339 cm³/mol. The van der Waals surface area contributed by atoms with Crippen LogP contribution in [0.2, 0.25) is 0 Å². The lowest BCUT2D eigenvalue weighted by Gasteiger charge is -2.18. The molecule has 0 aromatic rings. The molecule has 1 unspecified atom stereocenters. The van der Waals surface area contributed by atoms with E-state index in [0.717, 1.165) is 122 Å². The maximum atomic E-state index is 12.8. The largest absolute Gasteiger partial charge is 0.462 e. The van der Waals surface area contributed by atoms with Gasteiger partial charge in [0.2, 0.25) is 0 Å². The zero-order valence-corrected chi connectivity index (χ0v) is 51.4. The van der Waals surface area contributed by atoms with Crippen LogP contribution >= 0.6 is 0 Å². The van der Waals surface area contributed by atoms with Crippen molar-refractivity contribution in [1.29, 1.82) is 0 Å². The van der Waals surface area contributed by atoms with Crippen molar-refractivity contribution >= 4 is 17.9 Å². The molecule has 0 fully saturated rings. The van der Waals surface area contributed by atoms with Gasteiger partial charge in [-0.05, 0) is 96.3 Å². The fraction of sp³-hybridized carbons (Fsp3) is 0.736. The molecule has 448 valence electrons. The minimum atomic E-state index is -0.780.